The van der Waals surface area contributed by atoms with Crippen molar-refractivity contribution >= 4 is 21.7 Å². The topological polar surface area (TPSA) is 26.3 Å². The number of benzene rings is 1. The zero-order chi connectivity index (χ0) is 13.0. The van der Waals surface area contributed by atoms with Crippen LogP contribution < -0.4 is 4.74 Å². The summed E-state index contributed by atoms with van der Waals surface area (Å²) in [6.45, 7) is 0. The number of hydrogen-bond donors (Lipinski definition) is 0. The molecule has 0 spiro atoms. The smallest absolute Gasteiger partial charge is 0.166 e. The van der Waals surface area contributed by atoms with Crippen molar-refractivity contribution in [1.82, 2.24) is 0 Å². The molecule has 0 heterocycles. The van der Waals surface area contributed by atoms with E-state index in [1.807, 2.05) is 18.2 Å². The van der Waals surface area contributed by atoms with Crippen LogP contribution in [0.1, 0.15) is 48.9 Å². The van der Waals surface area contributed by atoms with Gasteiger partial charge in [0.2, 0.25) is 0 Å². The number of ketones is 1. The maximum atomic E-state index is 12.2. The number of Topliss-reactive ketones (excluding diaryl/α,β-unsaturated/α-hetero) is 1. The second-order valence-electron chi connectivity index (χ2n) is 4.96. The third-order valence-corrected chi connectivity index (χ3v) is 4.21. The summed E-state index contributed by atoms with van der Waals surface area (Å²) in [6.07, 6.45) is 6.91. The number of carbonyl (C=O) groups is 1. The van der Waals surface area contributed by atoms with E-state index in [4.69, 9.17) is 4.74 Å². The number of methoxy groups -OCH3 is 1. The number of rotatable bonds is 5. The molecule has 1 saturated carbocycles. The minimum Gasteiger partial charge on any atom is -0.496 e. The molecule has 0 aromatic heterocycles. The van der Waals surface area contributed by atoms with Gasteiger partial charge in [0.25, 0.3) is 0 Å². The molecule has 2 nitrogen and oxygen atoms in total. The van der Waals surface area contributed by atoms with Gasteiger partial charge in [-0.1, -0.05) is 41.6 Å². The van der Waals surface area contributed by atoms with E-state index in [2.05, 4.69) is 15.9 Å². The van der Waals surface area contributed by atoms with E-state index in [-0.39, 0.29) is 5.78 Å². The maximum absolute atomic E-state index is 12.2. The van der Waals surface area contributed by atoms with Crippen LogP contribution in [0.5, 0.6) is 5.75 Å². The van der Waals surface area contributed by atoms with Gasteiger partial charge in [0.05, 0.1) is 12.7 Å². The van der Waals surface area contributed by atoms with E-state index in [0.29, 0.717) is 17.7 Å². The van der Waals surface area contributed by atoms with E-state index in [1.165, 1.54) is 25.7 Å². The first-order valence-corrected chi connectivity index (χ1v) is 7.36. The lowest BCUT2D eigenvalue weighted by Gasteiger charge is -2.10. The van der Waals surface area contributed by atoms with Crippen LogP contribution in [0.4, 0.5) is 0 Å². The molecule has 0 atom stereocenters. The fourth-order valence-corrected chi connectivity index (χ4v) is 3.03. The monoisotopic (exact) mass is 310 g/mol. The van der Waals surface area contributed by atoms with Gasteiger partial charge in [-0.05, 0) is 30.5 Å². The summed E-state index contributed by atoms with van der Waals surface area (Å²) in [7, 11) is 1.61. The average molecular weight is 311 g/mol. The van der Waals surface area contributed by atoms with E-state index < -0.39 is 0 Å². The van der Waals surface area contributed by atoms with Crippen LogP contribution in [0.3, 0.4) is 0 Å². The standard InChI is InChI=1S/C15H19BrO2/c1-18-15-9-7-12(16)10-13(15)14(17)8-6-11-4-2-3-5-11/h7,9-11H,2-6,8H2,1H3. The third kappa shape index (κ3) is 3.35. The Hall–Kier alpha value is -0.830. The van der Waals surface area contributed by atoms with Crippen LogP contribution in [0.15, 0.2) is 22.7 Å². The molecule has 0 unspecified atom stereocenters. The molecule has 0 amide bonds. The molecule has 1 aliphatic rings. The second-order valence-corrected chi connectivity index (χ2v) is 5.87. The van der Waals surface area contributed by atoms with E-state index in [1.54, 1.807) is 7.11 Å². The highest BCUT2D eigenvalue weighted by atomic mass is 79.9. The summed E-state index contributed by atoms with van der Waals surface area (Å²) in [5.41, 5.74) is 0.699. The third-order valence-electron chi connectivity index (χ3n) is 3.72. The minimum atomic E-state index is 0.194. The molecule has 1 fully saturated rings. The van der Waals surface area contributed by atoms with Crippen molar-refractivity contribution in [2.45, 2.75) is 38.5 Å². The normalized spacial score (nSPS) is 15.9. The number of hydrogen-bond acceptors (Lipinski definition) is 2. The molecular weight excluding hydrogens is 292 g/mol. The molecule has 0 aliphatic heterocycles. The summed E-state index contributed by atoms with van der Waals surface area (Å²) in [4.78, 5) is 12.2. The zero-order valence-electron chi connectivity index (χ0n) is 10.7. The van der Waals surface area contributed by atoms with Gasteiger partial charge in [-0.25, -0.2) is 0 Å². The molecule has 18 heavy (non-hydrogen) atoms. The lowest BCUT2D eigenvalue weighted by Crippen LogP contribution is -2.05. The van der Waals surface area contributed by atoms with Gasteiger partial charge in [-0.3, -0.25) is 4.79 Å². The Morgan fingerprint density at radius 1 is 1.39 bits per heavy atom. The highest BCUT2D eigenvalue weighted by Crippen LogP contribution is 2.30. The summed E-state index contributed by atoms with van der Waals surface area (Å²) in [5.74, 6) is 1.63. The fourth-order valence-electron chi connectivity index (χ4n) is 2.67. The molecule has 0 saturated heterocycles. The van der Waals surface area contributed by atoms with E-state index in [9.17, 15) is 4.79 Å². The van der Waals surface area contributed by atoms with Crippen molar-refractivity contribution in [2.24, 2.45) is 5.92 Å². The van der Waals surface area contributed by atoms with Gasteiger partial charge in [0.15, 0.2) is 5.78 Å². The van der Waals surface area contributed by atoms with Crippen molar-refractivity contribution < 1.29 is 9.53 Å². The molecule has 0 radical (unpaired) electrons. The van der Waals surface area contributed by atoms with Crippen molar-refractivity contribution in [2.75, 3.05) is 7.11 Å². The quantitative estimate of drug-likeness (QED) is 0.742. The number of ether oxygens (including phenoxy) is 1. The van der Waals surface area contributed by atoms with E-state index in [0.717, 1.165) is 16.8 Å². The molecule has 1 aromatic rings. The first-order chi connectivity index (χ1) is 8.70. The SMILES string of the molecule is COc1ccc(Br)cc1C(=O)CCC1CCCC1. The van der Waals surface area contributed by atoms with Gasteiger partial charge in [0, 0.05) is 10.9 Å². The Balaban J connectivity index is 2.00. The predicted octanol–water partition coefficient (Wildman–Crippen LogP) is 4.61. The first kappa shape index (κ1) is 13.6. The molecule has 3 heteroatoms. The van der Waals surface area contributed by atoms with Crippen LogP contribution in [-0.2, 0) is 0 Å². The van der Waals surface area contributed by atoms with Gasteiger partial charge in [0.1, 0.15) is 5.75 Å². The Bertz CT molecular complexity index is 423. The van der Waals surface area contributed by atoms with Crippen molar-refractivity contribution in [3.05, 3.63) is 28.2 Å². The van der Waals surface area contributed by atoms with Crippen molar-refractivity contribution in [1.29, 1.82) is 0 Å². The minimum absolute atomic E-state index is 0.194. The molecule has 2 rings (SSSR count). The highest BCUT2D eigenvalue weighted by Gasteiger charge is 2.18. The Labute approximate surface area is 117 Å². The first-order valence-electron chi connectivity index (χ1n) is 6.57. The van der Waals surface area contributed by atoms with Crippen LogP contribution in [-0.4, -0.2) is 12.9 Å². The van der Waals surface area contributed by atoms with Crippen LogP contribution >= 0.6 is 15.9 Å². The lowest BCUT2D eigenvalue weighted by molar-refractivity contribution is 0.0971. The van der Waals surface area contributed by atoms with Gasteiger partial charge >= 0.3 is 0 Å². The summed E-state index contributed by atoms with van der Waals surface area (Å²) in [6, 6.07) is 5.59. The van der Waals surface area contributed by atoms with E-state index >= 15 is 0 Å². The van der Waals surface area contributed by atoms with Crippen LogP contribution in [0.25, 0.3) is 0 Å². The maximum Gasteiger partial charge on any atom is 0.166 e. The summed E-state index contributed by atoms with van der Waals surface area (Å²) < 4.78 is 6.18. The Kier molecular flexibility index (Phi) is 4.81. The van der Waals surface area contributed by atoms with Gasteiger partial charge in [-0.15, -0.1) is 0 Å². The summed E-state index contributed by atoms with van der Waals surface area (Å²) >= 11 is 3.40. The number of carbonyl (C=O) groups excluding carboxylic acids is 1. The van der Waals surface area contributed by atoms with Gasteiger partial charge in [-0.2, -0.15) is 0 Å². The van der Waals surface area contributed by atoms with Gasteiger partial charge < -0.3 is 4.74 Å². The highest BCUT2D eigenvalue weighted by molar-refractivity contribution is 9.10. The van der Waals surface area contributed by atoms with Crippen LogP contribution in [0.2, 0.25) is 0 Å². The second kappa shape index (κ2) is 6.37. The zero-order valence-corrected chi connectivity index (χ0v) is 12.3. The predicted molar refractivity (Wildman–Crippen MR) is 76.2 cm³/mol. The summed E-state index contributed by atoms with van der Waals surface area (Å²) in [5, 5.41) is 0. The Morgan fingerprint density at radius 2 is 2.11 bits per heavy atom. The molecule has 98 valence electrons. The van der Waals surface area contributed by atoms with Crippen molar-refractivity contribution in [3.8, 4) is 5.75 Å². The Morgan fingerprint density at radius 3 is 2.78 bits per heavy atom. The molecule has 0 N–H and O–H groups in total. The molecule has 1 aromatic carbocycles. The molecule has 0 bridgehead atoms. The lowest BCUT2D eigenvalue weighted by atomic mass is 9.97. The van der Waals surface area contributed by atoms with Crippen molar-refractivity contribution in [3.63, 3.8) is 0 Å². The fraction of sp³-hybridized carbons (Fsp3) is 0.533. The molecule has 1 aliphatic carbocycles. The average Bonchev–Trinajstić information content (AvgIpc) is 2.89. The van der Waals surface area contributed by atoms with Crippen LogP contribution in [0, 0.1) is 5.92 Å². The molecular formula is C15H19BrO2. The number of halogens is 1. The largest absolute Gasteiger partial charge is 0.496 e.